The topological polar surface area (TPSA) is 88.0 Å². The first-order valence-electron chi connectivity index (χ1n) is 7.72. The standard InChI is InChI=1S/C15H21N7O/c1-11-10-13(21(2)20-11)19-15(23)18-12-4-8-22(9-5-12)14-16-6-3-7-17-14/h3,6-7,10,12H,4-5,8-9H2,1-2H3,(H2,18,19,23). The van der Waals surface area contributed by atoms with E-state index in [1.54, 1.807) is 24.1 Å². The predicted molar refractivity (Wildman–Crippen MR) is 87.4 cm³/mol. The Balaban J connectivity index is 1.49. The highest BCUT2D eigenvalue weighted by molar-refractivity contribution is 5.88. The summed E-state index contributed by atoms with van der Waals surface area (Å²) in [5.74, 6) is 1.44. The van der Waals surface area contributed by atoms with E-state index in [4.69, 9.17) is 0 Å². The Hall–Kier alpha value is -2.64. The second kappa shape index (κ2) is 6.64. The van der Waals surface area contributed by atoms with Gasteiger partial charge in [-0.2, -0.15) is 5.10 Å². The molecule has 0 unspecified atom stereocenters. The lowest BCUT2D eigenvalue weighted by Crippen LogP contribution is -2.46. The fourth-order valence-corrected chi connectivity index (χ4v) is 2.74. The molecule has 8 nitrogen and oxygen atoms in total. The smallest absolute Gasteiger partial charge is 0.320 e. The van der Waals surface area contributed by atoms with Gasteiger partial charge in [0.15, 0.2) is 0 Å². The molecule has 0 atom stereocenters. The number of hydrogen-bond donors (Lipinski definition) is 2. The molecule has 122 valence electrons. The first kappa shape index (κ1) is 15.3. The summed E-state index contributed by atoms with van der Waals surface area (Å²) in [5.41, 5.74) is 0.874. The molecular weight excluding hydrogens is 294 g/mol. The van der Waals surface area contributed by atoms with Crippen LogP contribution >= 0.6 is 0 Å². The number of urea groups is 1. The van der Waals surface area contributed by atoms with Gasteiger partial charge in [-0.1, -0.05) is 0 Å². The molecule has 8 heteroatoms. The zero-order chi connectivity index (χ0) is 16.2. The van der Waals surface area contributed by atoms with E-state index in [1.165, 1.54) is 0 Å². The van der Waals surface area contributed by atoms with Crippen LogP contribution in [0.1, 0.15) is 18.5 Å². The maximum atomic E-state index is 12.1. The van der Waals surface area contributed by atoms with Crippen molar-refractivity contribution >= 4 is 17.8 Å². The number of nitrogens with zero attached hydrogens (tertiary/aromatic N) is 5. The summed E-state index contributed by atoms with van der Waals surface area (Å²) >= 11 is 0. The van der Waals surface area contributed by atoms with E-state index in [2.05, 4.69) is 30.6 Å². The molecule has 1 aliphatic heterocycles. The van der Waals surface area contributed by atoms with Gasteiger partial charge in [0.25, 0.3) is 0 Å². The number of aromatic nitrogens is 4. The molecule has 0 aromatic carbocycles. The number of carbonyl (C=O) groups is 1. The van der Waals surface area contributed by atoms with Crippen LogP contribution in [0.25, 0.3) is 0 Å². The third-order valence-electron chi connectivity index (χ3n) is 3.91. The Morgan fingerprint density at radius 3 is 2.57 bits per heavy atom. The van der Waals surface area contributed by atoms with Crippen LogP contribution in [0.15, 0.2) is 24.5 Å². The van der Waals surface area contributed by atoms with Crippen LogP contribution in [-0.2, 0) is 7.05 Å². The van der Waals surface area contributed by atoms with E-state index in [1.807, 2.05) is 19.1 Å². The van der Waals surface area contributed by atoms with Crippen molar-refractivity contribution in [3.8, 4) is 0 Å². The van der Waals surface area contributed by atoms with E-state index in [0.29, 0.717) is 5.82 Å². The molecule has 2 amide bonds. The van der Waals surface area contributed by atoms with E-state index >= 15 is 0 Å². The van der Waals surface area contributed by atoms with Crippen molar-refractivity contribution in [2.75, 3.05) is 23.3 Å². The van der Waals surface area contributed by atoms with Crippen LogP contribution in [0, 0.1) is 6.92 Å². The Kier molecular flexibility index (Phi) is 4.40. The van der Waals surface area contributed by atoms with Crippen molar-refractivity contribution in [3.05, 3.63) is 30.2 Å². The number of nitrogens with one attached hydrogen (secondary N) is 2. The van der Waals surface area contributed by atoms with Crippen molar-refractivity contribution < 1.29 is 4.79 Å². The number of anilines is 2. The van der Waals surface area contributed by atoms with E-state index in [-0.39, 0.29) is 12.1 Å². The molecule has 2 N–H and O–H groups in total. The molecule has 2 aromatic heterocycles. The summed E-state index contributed by atoms with van der Waals surface area (Å²) in [5, 5.41) is 10.1. The van der Waals surface area contributed by atoms with Crippen molar-refractivity contribution in [2.45, 2.75) is 25.8 Å². The molecule has 0 saturated carbocycles. The highest BCUT2D eigenvalue weighted by Crippen LogP contribution is 2.15. The second-order valence-electron chi connectivity index (χ2n) is 5.70. The fraction of sp³-hybridized carbons (Fsp3) is 0.467. The molecule has 0 radical (unpaired) electrons. The van der Waals surface area contributed by atoms with Gasteiger partial charge in [0.2, 0.25) is 5.95 Å². The van der Waals surface area contributed by atoms with E-state index in [0.717, 1.165) is 37.6 Å². The van der Waals surface area contributed by atoms with Gasteiger partial charge in [0.1, 0.15) is 5.82 Å². The van der Waals surface area contributed by atoms with Gasteiger partial charge in [-0.3, -0.25) is 10.00 Å². The SMILES string of the molecule is Cc1cc(NC(=O)NC2CCN(c3ncccn3)CC2)n(C)n1. The number of rotatable bonds is 3. The first-order chi connectivity index (χ1) is 11.1. The third-order valence-corrected chi connectivity index (χ3v) is 3.91. The lowest BCUT2D eigenvalue weighted by Gasteiger charge is -2.32. The molecule has 3 heterocycles. The van der Waals surface area contributed by atoms with Crippen molar-refractivity contribution in [1.29, 1.82) is 0 Å². The molecule has 1 fully saturated rings. The number of carbonyl (C=O) groups excluding carboxylic acids is 1. The van der Waals surface area contributed by atoms with Gasteiger partial charge in [0.05, 0.1) is 5.69 Å². The van der Waals surface area contributed by atoms with Crippen molar-refractivity contribution in [1.82, 2.24) is 25.1 Å². The molecule has 0 bridgehead atoms. The van der Waals surface area contributed by atoms with Gasteiger partial charge in [0, 0.05) is 44.6 Å². The number of aryl methyl sites for hydroxylation is 2. The minimum absolute atomic E-state index is 0.157. The average molecular weight is 315 g/mol. The normalized spacial score (nSPS) is 15.5. The largest absolute Gasteiger partial charge is 0.341 e. The quantitative estimate of drug-likeness (QED) is 0.891. The van der Waals surface area contributed by atoms with Gasteiger partial charge >= 0.3 is 6.03 Å². The summed E-state index contributed by atoms with van der Waals surface area (Å²) in [7, 11) is 1.81. The Morgan fingerprint density at radius 2 is 1.96 bits per heavy atom. The summed E-state index contributed by atoms with van der Waals surface area (Å²) < 4.78 is 1.66. The Bertz CT molecular complexity index is 662. The van der Waals surface area contributed by atoms with Crippen molar-refractivity contribution in [2.24, 2.45) is 7.05 Å². The molecule has 3 rings (SSSR count). The zero-order valence-corrected chi connectivity index (χ0v) is 13.4. The van der Waals surface area contributed by atoms with Gasteiger partial charge in [-0.25, -0.2) is 14.8 Å². The lowest BCUT2D eigenvalue weighted by molar-refractivity contribution is 0.245. The molecule has 2 aromatic rings. The second-order valence-corrected chi connectivity index (χ2v) is 5.70. The minimum Gasteiger partial charge on any atom is -0.341 e. The van der Waals surface area contributed by atoms with Gasteiger partial charge < -0.3 is 10.2 Å². The van der Waals surface area contributed by atoms with Crippen LogP contribution < -0.4 is 15.5 Å². The van der Waals surface area contributed by atoms with Crippen LogP contribution in [-0.4, -0.2) is 44.9 Å². The number of amides is 2. The molecule has 0 aliphatic carbocycles. The highest BCUT2D eigenvalue weighted by atomic mass is 16.2. The highest BCUT2D eigenvalue weighted by Gasteiger charge is 2.22. The lowest BCUT2D eigenvalue weighted by atomic mass is 10.1. The fourth-order valence-electron chi connectivity index (χ4n) is 2.74. The first-order valence-corrected chi connectivity index (χ1v) is 7.72. The van der Waals surface area contributed by atoms with Gasteiger partial charge in [-0.15, -0.1) is 0 Å². The van der Waals surface area contributed by atoms with Crippen LogP contribution in [0.2, 0.25) is 0 Å². The molecule has 1 saturated heterocycles. The third kappa shape index (κ3) is 3.77. The average Bonchev–Trinajstić information content (AvgIpc) is 2.86. The molecule has 23 heavy (non-hydrogen) atoms. The summed E-state index contributed by atoms with van der Waals surface area (Å²) in [6.07, 6.45) is 5.23. The van der Waals surface area contributed by atoms with Crippen LogP contribution in [0.5, 0.6) is 0 Å². The maximum absolute atomic E-state index is 12.1. The zero-order valence-electron chi connectivity index (χ0n) is 13.4. The number of piperidine rings is 1. The summed E-state index contributed by atoms with van der Waals surface area (Å²) in [6.45, 7) is 3.56. The van der Waals surface area contributed by atoms with Crippen LogP contribution in [0.3, 0.4) is 0 Å². The summed E-state index contributed by atoms with van der Waals surface area (Å²) in [4.78, 5) is 22.8. The van der Waals surface area contributed by atoms with Crippen LogP contribution in [0.4, 0.5) is 16.6 Å². The molecule has 1 aliphatic rings. The summed E-state index contributed by atoms with van der Waals surface area (Å²) in [6, 6.07) is 3.61. The predicted octanol–water partition coefficient (Wildman–Crippen LogP) is 1.31. The van der Waals surface area contributed by atoms with E-state index < -0.39 is 0 Å². The molecular formula is C15H21N7O. The minimum atomic E-state index is -0.192. The molecule has 0 spiro atoms. The van der Waals surface area contributed by atoms with Crippen molar-refractivity contribution in [3.63, 3.8) is 0 Å². The Morgan fingerprint density at radius 1 is 1.26 bits per heavy atom. The monoisotopic (exact) mass is 315 g/mol. The number of hydrogen-bond acceptors (Lipinski definition) is 5. The maximum Gasteiger partial charge on any atom is 0.320 e. The van der Waals surface area contributed by atoms with Gasteiger partial charge in [-0.05, 0) is 25.8 Å². The van der Waals surface area contributed by atoms with E-state index in [9.17, 15) is 4.79 Å². The Labute approximate surface area is 134 Å².